The van der Waals surface area contributed by atoms with Gasteiger partial charge in [0.1, 0.15) is 5.75 Å². The lowest BCUT2D eigenvalue weighted by Crippen LogP contribution is -2.33. The maximum atomic E-state index is 12.5. The summed E-state index contributed by atoms with van der Waals surface area (Å²) in [5.41, 5.74) is 1.50. The van der Waals surface area contributed by atoms with E-state index >= 15 is 0 Å². The lowest BCUT2D eigenvalue weighted by Gasteiger charge is -2.12. The fourth-order valence-electron chi connectivity index (χ4n) is 2.64. The van der Waals surface area contributed by atoms with Gasteiger partial charge in [0, 0.05) is 15.8 Å². The molecule has 3 aromatic rings. The van der Waals surface area contributed by atoms with Crippen LogP contribution >= 0.6 is 15.9 Å². The Labute approximate surface area is 187 Å². The molecule has 31 heavy (non-hydrogen) atoms. The summed E-state index contributed by atoms with van der Waals surface area (Å²) >= 11 is 3.33. The first-order valence-electron chi connectivity index (χ1n) is 9.41. The van der Waals surface area contributed by atoms with Crippen LogP contribution in [0.5, 0.6) is 5.75 Å². The summed E-state index contributed by atoms with van der Waals surface area (Å²) in [6, 6.07) is 22.6. The van der Waals surface area contributed by atoms with Gasteiger partial charge >= 0.3 is 0 Å². The smallest absolute Gasteiger partial charge is 0.262 e. The third kappa shape index (κ3) is 6.97. The number of carbonyl (C=O) groups excluding carboxylic acids is 3. The van der Waals surface area contributed by atoms with Crippen LogP contribution in [-0.2, 0) is 9.59 Å². The maximum absolute atomic E-state index is 12.5. The second kappa shape index (κ2) is 10.9. The minimum absolute atomic E-state index is 0.202. The topological polar surface area (TPSA) is 96.5 Å². The molecule has 3 rings (SSSR count). The van der Waals surface area contributed by atoms with Gasteiger partial charge in [-0.3, -0.25) is 14.4 Å². The molecule has 3 amide bonds. The van der Waals surface area contributed by atoms with Crippen molar-refractivity contribution in [2.24, 2.45) is 0 Å². The number of rotatable bonds is 8. The summed E-state index contributed by atoms with van der Waals surface area (Å²) in [6.45, 7) is -0.471. The van der Waals surface area contributed by atoms with Gasteiger partial charge in [-0.05, 0) is 48.5 Å². The normalized spacial score (nSPS) is 10.1. The Morgan fingerprint density at radius 1 is 0.742 bits per heavy atom. The molecule has 0 fully saturated rings. The van der Waals surface area contributed by atoms with Crippen LogP contribution in [0.25, 0.3) is 0 Å². The molecule has 0 aliphatic heterocycles. The van der Waals surface area contributed by atoms with Crippen LogP contribution in [0.1, 0.15) is 10.4 Å². The number of hydrogen-bond donors (Lipinski definition) is 3. The Morgan fingerprint density at radius 2 is 1.35 bits per heavy atom. The van der Waals surface area contributed by atoms with Gasteiger partial charge in [0.25, 0.3) is 11.8 Å². The average Bonchev–Trinajstić information content (AvgIpc) is 2.78. The molecule has 0 bridgehead atoms. The number of carbonyl (C=O) groups is 3. The van der Waals surface area contributed by atoms with E-state index in [-0.39, 0.29) is 36.3 Å². The van der Waals surface area contributed by atoms with Crippen LogP contribution in [0.15, 0.2) is 83.3 Å². The minimum Gasteiger partial charge on any atom is -0.483 e. The molecule has 0 aliphatic rings. The first-order chi connectivity index (χ1) is 15.0. The summed E-state index contributed by atoms with van der Waals surface area (Å²) in [7, 11) is 0. The van der Waals surface area contributed by atoms with Gasteiger partial charge in [-0.2, -0.15) is 0 Å². The van der Waals surface area contributed by atoms with E-state index in [1.807, 2.05) is 18.2 Å². The number of nitrogens with one attached hydrogen (secondary N) is 3. The molecular weight excluding hydrogens is 462 g/mol. The molecule has 0 saturated carbocycles. The SMILES string of the molecule is O=C(CNC(=O)c1ccccc1OCC(=O)Nc1ccc(Br)cc1)Nc1ccccc1. The standard InChI is InChI=1S/C23H20BrN3O4/c24-16-10-12-18(13-11-16)27-22(29)15-31-20-9-5-4-8-19(20)23(30)25-14-21(28)26-17-6-2-1-3-7-17/h1-13H,14-15H2,(H,25,30)(H,26,28)(H,27,29). The summed E-state index contributed by atoms with van der Waals surface area (Å²) in [6.07, 6.45) is 0. The number of ether oxygens (including phenoxy) is 1. The van der Waals surface area contributed by atoms with Gasteiger partial charge in [0.15, 0.2) is 6.61 Å². The Morgan fingerprint density at radius 3 is 2.10 bits per heavy atom. The highest BCUT2D eigenvalue weighted by molar-refractivity contribution is 9.10. The van der Waals surface area contributed by atoms with Crippen LogP contribution in [0.2, 0.25) is 0 Å². The van der Waals surface area contributed by atoms with E-state index in [4.69, 9.17) is 4.74 Å². The molecule has 0 aliphatic carbocycles. The highest BCUT2D eigenvalue weighted by Gasteiger charge is 2.14. The van der Waals surface area contributed by atoms with Crippen molar-refractivity contribution in [1.29, 1.82) is 0 Å². The van der Waals surface area contributed by atoms with Crippen molar-refractivity contribution in [3.63, 3.8) is 0 Å². The number of benzene rings is 3. The Balaban J connectivity index is 1.52. The van der Waals surface area contributed by atoms with Gasteiger partial charge in [0.05, 0.1) is 12.1 Å². The molecule has 3 aromatic carbocycles. The van der Waals surface area contributed by atoms with Crippen molar-refractivity contribution in [2.75, 3.05) is 23.8 Å². The van der Waals surface area contributed by atoms with Crippen LogP contribution < -0.4 is 20.7 Å². The predicted molar refractivity (Wildman–Crippen MR) is 122 cm³/mol. The lowest BCUT2D eigenvalue weighted by atomic mass is 10.2. The van der Waals surface area contributed by atoms with Gasteiger partial charge in [-0.1, -0.05) is 46.3 Å². The molecule has 8 heteroatoms. The van der Waals surface area contributed by atoms with Crippen molar-refractivity contribution in [3.8, 4) is 5.75 Å². The number of halogens is 1. The fourth-order valence-corrected chi connectivity index (χ4v) is 2.90. The van der Waals surface area contributed by atoms with Crippen LogP contribution in [0, 0.1) is 0 Å². The number of hydrogen-bond acceptors (Lipinski definition) is 4. The highest BCUT2D eigenvalue weighted by Crippen LogP contribution is 2.18. The second-order valence-corrected chi connectivity index (χ2v) is 7.35. The van der Waals surface area contributed by atoms with E-state index < -0.39 is 5.91 Å². The van der Waals surface area contributed by atoms with Gasteiger partial charge < -0.3 is 20.7 Å². The van der Waals surface area contributed by atoms with Gasteiger partial charge in [-0.25, -0.2) is 0 Å². The largest absolute Gasteiger partial charge is 0.483 e. The molecule has 0 spiro atoms. The summed E-state index contributed by atoms with van der Waals surface area (Å²) in [5, 5.41) is 7.96. The summed E-state index contributed by atoms with van der Waals surface area (Å²) < 4.78 is 6.44. The van der Waals surface area contributed by atoms with Crippen molar-refractivity contribution >= 4 is 45.0 Å². The highest BCUT2D eigenvalue weighted by atomic mass is 79.9. The molecular formula is C23H20BrN3O4. The fraction of sp³-hybridized carbons (Fsp3) is 0.0870. The zero-order valence-electron chi connectivity index (χ0n) is 16.4. The van der Waals surface area contributed by atoms with Crippen molar-refractivity contribution < 1.29 is 19.1 Å². The quantitative estimate of drug-likeness (QED) is 0.455. The molecule has 0 heterocycles. The third-order valence-electron chi connectivity index (χ3n) is 4.09. The Bertz CT molecular complexity index is 1060. The molecule has 7 nitrogen and oxygen atoms in total. The van der Waals surface area contributed by atoms with E-state index in [1.54, 1.807) is 60.7 Å². The molecule has 0 atom stereocenters. The maximum Gasteiger partial charge on any atom is 0.262 e. The lowest BCUT2D eigenvalue weighted by molar-refractivity contribution is -0.118. The third-order valence-corrected chi connectivity index (χ3v) is 4.61. The van der Waals surface area contributed by atoms with Crippen LogP contribution in [0.4, 0.5) is 11.4 Å². The van der Waals surface area contributed by atoms with E-state index in [9.17, 15) is 14.4 Å². The minimum atomic E-state index is -0.480. The van der Waals surface area contributed by atoms with E-state index in [0.717, 1.165) is 4.47 Å². The number of amides is 3. The average molecular weight is 482 g/mol. The predicted octanol–water partition coefficient (Wildman–Crippen LogP) is 3.84. The zero-order chi connectivity index (χ0) is 22.1. The van der Waals surface area contributed by atoms with Crippen LogP contribution in [0.3, 0.4) is 0 Å². The van der Waals surface area contributed by atoms with Crippen molar-refractivity contribution in [1.82, 2.24) is 5.32 Å². The van der Waals surface area contributed by atoms with E-state index in [0.29, 0.717) is 11.4 Å². The molecule has 158 valence electrons. The van der Waals surface area contributed by atoms with Crippen molar-refractivity contribution in [2.45, 2.75) is 0 Å². The van der Waals surface area contributed by atoms with Gasteiger partial charge in [0.2, 0.25) is 5.91 Å². The first kappa shape index (κ1) is 22.0. The monoisotopic (exact) mass is 481 g/mol. The second-order valence-electron chi connectivity index (χ2n) is 6.44. The van der Waals surface area contributed by atoms with E-state index in [1.165, 1.54) is 0 Å². The molecule has 0 unspecified atom stereocenters. The Hall–Kier alpha value is -3.65. The summed E-state index contributed by atoms with van der Waals surface area (Å²) in [4.78, 5) is 36.7. The Kier molecular flexibility index (Phi) is 7.78. The number of para-hydroxylation sites is 2. The molecule has 0 saturated heterocycles. The number of anilines is 2. The molecule has 3 N–H and O–H groups in total. The summed E-state index contributed by atoms with van der Waals surface area (Å²) in [5.74, 6) is -0.951. The van der Waals surface area contributed by atoms with E-state index in [2.05, 4.69) is 31.9 Å². The zero-order valence-corrected chi connectivity index (χ0v) is 18.0. The molecule has 0 aromatic heterocycles. The van der Waals surface area contributed by atoms with Crippen molar-refractivity contribution in [3.05, 3.63) is 88.9 Å². The van der Waals surface area contributed by atoms with Crippen LogP contribution in [-0.4, -0.2) is 30.9 Å². The van der Waals surface area contributed by atoms with Gasteiger partial charge in [-0.15, -0.1) is 0 Å². The first-order valence-corrected chi connectivity index (χ1v) is 10.2. The molecule has 0 radical (unpaired) electrons.